The maximum Gasteiger partial charge on any atom is 0.163 e. The predicted octanol–water partition coefficient (Wildman–Crippen LogP) is 1.63. The maximum atomic E-state index is 5.83. The third-order valence-corrected chi connectivity index (χ3v) is 3.93. The second-order valence-electron chi connectivity index (χ2n) is 5.39. The summed E-state index contributed by atoms with van der Waals surface area (Å²) in [7, 11) is 2.11. The molecule has 0 amide bonds. The molecule has 1 aromatic carbocycles. The minimum Gasteiger partial charge on any atom is -0.486 e. The molecule has 1 aliphatic carbocycles. The number of hydrogen-bond donors (Lipinski definition) is 1. The Morgan fingerprint density at radius 3 is 2.61 bits per heavy atom. The number of benzene rings is 1. The third kappa shape index (κ3) is 2.12. The molecule has 0 radical (unpaired) electrons. The highest BCUT2D eigenvalue weighted by Gasteiger charge is 2.42. The van der Waals surface area contributed by atoms with Crippen LogP contribution in [0.1, 0.15) is 12.8 Å². The average molecular weight is 248 g/mol. The molecule has 4 nitrogen and oxygen atoms in total. The van der Waals surface area contributed by atoms with Gasteiger partial charge in [-0.2, -0.15) is 0 Å². The second-order valence-corrected chi connectivity index (χ2v) is 5.39. The Kier molecular flexibility index (Phi) is 2.82. The van der Waals surface area contributed by atoms with Gasteiger partial charge in [0.1, 0.15) is 13.2 Å². The monoisotopic (exact) mass is 248 g/mol. The van der Waals surface area contributed by atoms with Gasteiger partial charge < -0.3 is 20.1 Å². The number of nitrogens with two attached hydrogens (primary N) is 1. The minimum absolute atomic E-state index is 0.349. The molecule has 1 aliphatic heterocycles. The van der Waals surface area contributed by atoms with E-state index < -0.39 is 0 Å². The first-order chi connectivity index (χ1) is 8.72. The summed E-state index contributed by atoms with van der Waals surface area (Å²) in [6, 6.07) is 6.13. The van der Waals surface area contributed by atoms with Crippen molar-refractivity contribution in [2.45, 2.75) is 12.8 Å². The molecule has 0 unspecified atom stereocenters. The summed E-state index contributed by atoms with van der Waals surface area (Å²) in [5.41, 5.74) is 7.35. The lowest BCUT2D eigenvalue weighted by Crippen LogP contribution is -2.31. The summed E-state index contributed by atoms with van der Waals surface area (Å²) in [5, 5.41) is 0. The van der Waals surface area contributed by atoms with Gasteiger partial charge in [-0.05, 0) is 31.5 Å². The van der Waals surface area contributed by atoms with Gasteiger partial charge in [-0.3, -0.25) is 0 Å². The summed E-state index contributed by atoms with van der Waals surface area (Å²) in [5.74, 6) is 1.70. The van der Waals surface area contributed by atoms with Gasteiger partial charge in [-0.25, -0.2) is 0 Å². The standard InChI is InChI=1S/C14H20N2O2/c1-16(10-14(9-15)4-5-14)11-2-3-12-13(8-11)18-7-6-17-12/h2-3,8H,4-7,9-10,15H2,1H3. The zero-order chi connectivity index (χ0) is 12.6. The van der Waals surface area contributed by atoms with Crippen LogP contribution in [0.2, 0.25) is 0 Å². The van der Waals surface area contributed by atoms with Gasteiger partial charge in [-0.1, -0.05) is 0 Å². The Morgan fingerprint density at radius 1 is 1.22 bits per heavy atom. The molecule has 4 heteroatoms. The first-order valence-electron chi connectivity index (χ1n) is 6.53. The molecule has 2 aliphatic rings. The van der Waals surface area contributed by atoms with Crippen molar-refractivity contribution in [1.29, 1.82) is 0 Å². The van der Waals surface area contributed by atoms with Crippen molar-refractivity contribution in [3.05, 3.63) is 18.2 Å². The van der Waals surface area contributed by atoms with Crippen LogP contribution in [0.5, 0.6) is 11.5 Å². The molecule has 0 aromatic heterocycles. The van der Waals surface area contributed by atoms with Crippen LogP contribution >= 0.6 is 0 Å². The van der Waals surface area contributed by atoms with Gasteiger partial charge in [-0.15, -0.1) is 0 Å². The molecule has 1 aromatic rings. The Labute approximate surface area is 108 Å². The van der Waals surface area contributed by atoms with Gasteiger partial charge >= 0.3 is 0 Å². The second kappa shape index (κ2) is 4.35. The lowest BCUT2D eigenvalue weighted by molar-refractivity contribution is 0.171. The Hall–Kier alpha value is -1.42. The van der Waals surface area contributed by atoms with Crippen LogP contribution in [-0.4, -0.2) is 33.4 Å². The molecule has 1 fully saturated rings. The van der Waals surface area contributed by atoms with Crippen LogP contribution < -0.4 is 20.1 Å². The molecule has 0 spiro atoms. The SMILES string of the molecule is CN(CC1(CN)CC1)c1ccc2c(c1)OCCO2. The first kappa shape index (κ1) is 11.7. The van der Waals surface area contributed by atoms with Crippen molar-refractivity contribution in [2.24, 2.45) is 11.1 Å². The zero-order valence-electron chi connectivity index (χ0n) is 10.8. The van der Waals surface area contributed by atoms with Gasteiger partial charge in [0.15, 0.2) is 11.5 Å². The molecule has 0 saturated heterocycles. The van der Waals surface area contributed by atoms with Crippen LogP contribution in [0.15, 0.2) is 18.2 Å². The zero-order valence-corrected chi connectivity index (χ0v) is 10.8. The molecule has 1 heterocycles. The third-order valence-electron chi connectivity index (χ3n) is 3.93. The van der Waals surface area contributed by atoms with E-state index in [0.717, 1.165) is 24.6 Å². The van der Waals surface area contributed by atoms with Crippen LogP contribution in [-0.2, 0) is 0 Å². The van der Waals surface area contributed by atoms with Crippen molar-refractivity contribution >= 4 is 5.69 Å². The van der Waals surface area contributed by atoms with Crippen molar-refractivity contribution < 1.29 is 9.47 Å². The normalized spacial score (nSPS) is 19.4. The first-order valence-corrected chi connectivity index (χ1v) is 6.53. The van der Waals surface area contributed by atoms with E-state index in [1.807, 2.05) is 6.07 Å². The number of ether oxygens (including phenoxy) is 2. The largest absolute Gasteiger partial charge is 0.486 e. The van der Waals surface area contributed by atoms with Crippen molar-refractivity contribution in [2.75, 3.05) is 38.3 Å². The highest BCUT2D eigenvalue weighted by Crippen LogP contribution is 2.45. The summed E-state index contributed by atoms with van der Waals surface area (Å²) >= 11 is 0. The average Bonchev–Trinajstić information content (AvgIpc) is 3.18. The van der Waals surface area contributed by atoms with E-state index in [1.165, 1.54) is 18.5 Å². The lowest BCUT2D eigenvalue weighted by atomic mass is 10.1. The van der Waals surface area contributed by atoms with Crippen LogP contribution in [0, 0.1) is 5.41 Å². The molecule has 1 saturated carbocycles. The van der Waals surface area contributed by atoms with E-state index in [9.17, 15) is 0 Å². The van der Waals surface area contributed by atoms with Crippen molar-refractivity contribution in [3.8, 4) is 11.5 Å². The highest BCUT2D eigenvalue weighted by molar-refractivity contribution is 5.56. The molecule has 2 N–H and O–H groups in total. The summed E-state index contributed by atoms with van der Waals surface area (Å²) < 4.78 is 11.1. The molecular weight excluding hydrogens is 228 g/mol. The number of anilines is 1. The van der Waals surface area contributed by atoms with E-state index in [0.29, 0.717) is 18.6 Å². The molecule has 98 valence electrons. The summed E-state index contributed by atoms with van der Waals surface area (Å²) in [4.78, 5) is 2.26. The number of nitrogens with zero attached hydrogens (tertiary/aromatic N) is 1. The fraction of sp³-hybridized carbons (Fsp3) is 0.571. The molecule has 0 bridgehead atoms. The predicted molar refractivity (Wildman–Crippen MR) is 71.4 cm³/mol. The smallest absolute Gasteiger partial charge is 0.163 e. The topological polar surface area (TPSA) is 47.7 Å². The van der Waals surface area contributed by atoms with E-state index in [4.69, 9.17) is 15.2 Å². The van der Waals surface area contributed by atoms with E-state index >= 15 is 0 Å². The molecular formula is C14H20N2O2. The Balaban J connectivity index is 1.75. The fourth-order valence-electron chi connectivity index (χ4n) is 2.47. The molecule has 18 heavy (non-hydrogen) atoms. The Bertz CT molecular complexity index is 443. The minimum atomic E-state index is 0.349. The summed E-state index contributed by atoms with van der Waals surface area (Å²) in [6.07, 6.45) is 2.50. The van der Waals surface area contributed by atoms with Gasteiger partial charge in [0.2, 0.25) is 0 Å². The Morgan fingerprint density at radius 2 is 1.94 bits per heavy atom. The maximum absolute atomic E-state index is 5.83. The number of fused-ring (bicyclic) bond motifs is 1. The highest BCUT2D eigenvalue weighted by atomic mass is 16.6. The number of hydrogen-bond acceptors (Lipinski definition) is 4. The quantitative estimate of drug-likeness (QED) is 0.880. The van der Waals surface area contributed by atoms with Gasteiger partial charge in [0.05, 0.1) is 0 Å². The number of rotatable bonds is 4. The summed E-state index contributed by atoms with van der Waals surface area (Å²) in [6.45, 7) is 3.07. The van der Waals surface area contributed by atoms with Crippen molar-refractivity contribution in [3.63, 3.8) is 0 Å². The van der Waals surface area contributed by atoms with Crippen LogP contribution in [0.25, 0.3) is 0 Å². The lowest BCUT2D eigenvalue weighted by Gasteiger charge is -2.26. The van der Waals surface area contributed by atoms with Crippen molar-refractivity contribution in [1.82, 2.24) is 0 Å². The van der Waals surface area contributed by atoms with Gasteiger partial charge in [0.25, 0.3) is 0 Å². The van der Waals surface area contributed by atoms with E-state index in [-0.39, 0.29) is 0 Å². The van der Waals surface area contributed by atoms with Crippen LogP contribution in [0.4, 0.5) is 5.69 Å². The fourth-order valence-corrected chi connectivity index (χ4v) is 2.47. The molecule has 3 rings (SSSR count). The molecule has 0 atom stereocenters. The van der Waals surface area contributed by atoms with E-state index in [2.05, 4.69) is 24.1 Å². The van der Waals surface area contributed by atoms with E-state index in [1.54, 1.807) is 0 Å². The van der Waals surface area contributed by atoms with Gasteiger partial charge in [0, 0.05) is 30.8 Å². The van der Waals surface area contributed by atoms with Crippen LogP contribution in [0.3, 0.4) is 0 Å².